The number of nitrogens with one attached hydrogen (secondary N) is 2. The van der Waals surface area contributed by atoms with Crippen LogP contribution in [0.5, 0.6) is 5.75 Å². The number of benzene rings is 1. The lowest BCUT2D eigenvalue weighted by atomic mass is 9.76. The number of hydrogen-bond donors (Lipinski definition) is 2. The fourth-order valence-corrected chi connectivity index (χ4v) is 4.90. The zero-order valence-corrected chi connectivity index (χ0v) is 18.6. The van der Waals surface area contributed by atoms with E-state index in [1.807, 2.05) is 0 Å². The zero-order valence-electron chi connectivity index (χ0n) is 18.6. The van der Waals surface area contributed by atoms with Crippen LogP contribution in [-0.4, -0.2) is 65.7 Å². The van der Waals surface area contributed by atoms with Gasteiger partial charge in [-0.1, -0.05) is 6.07 Å². The molecule has 1 aromatic carbocycles. The monoisotopic (exact) mass is 486 g/mol. The Bertz CT molecular complexity index is 984. The lowest BCUT2D eigenvalue weighted by Crippen LogP contribution is -2.60. The lowest BCUT2D eigenvalue weighted by molar-refractivity contribution is -0.274. The highest BCUT2D eigenvalue weighted by Crippen LogP contribution is 2.40. The molecule has 1 aromatic rings. The second-order valence-electron chi connectivity index (χ2n) is 9.31. The standard InChI is InChI=1S/C22H26F4N4O4/c1-13(31)29-10-16(7-21(12-29)8-19(32)28-11-21)30(15-3-4-15)20(33)27-9-14-2-5-17(6-18(14)23)34-22(24,25)26/h2,5-6,15-16H,3-4,7-12H2,1H3,(H,27,33)(H,28,32)/t16-,21?/m1/s1. The lowest BCUT2D eigenvalue weighted by Gasteiger charge is -2.47. The summed E-state index contributed by atoms with van der Waals surface area (Å²) < 4.78 is 55.0. The third-order valence-electron chi connectivity index (χ3n) is 6.52. The Morgan fingerprint density at radius 1 is 1.29 bits per heavy atom. The third-order valence-corrected chi connectivity index (χ3v) is 6.52. The molecule has 2 N–H and O–H groups in total. The summed E-state index contributed by atoms with van der Waals surface area (Å²) >= 11 is 0. The first-order valence-corrected chi connectivity index (χ1v) is 11.1. The van der Waals surface area contributed by atoms with Gasteiger partial charge in [0.1, 0.15) is 11.6 Å². The van der Waals surface area contributed by atoms with Gasteiger partial charge >= 0.3 is 12.4 Å². The molecule has 0 bridgehead atoms. The highest BCUT2D eigenvalue weighted by Gasteiger charge is 2.49. The maximum atomic E-state index is 14.3. The van der Waals surface area contributed by atoms with Crippen molar-refractivity contribution in [2.75, 3.05) is 19.6 Å². The smallest absolute Gasteiger partial charge is 0.406 e. The number of rotatable bonds is 5. The molecule has 186 valence electrons. The summed E-state index contributed by atoms with van der Waals surface area (Å²) in [6.45, 7) is 2.44. The number of urea groups is 1. The molecule has 1 spiro atoms. The Labute approximate surface area is 193 Å². The average molecular weight is 486 g/mol. The average Bonchev–Trinajstić information content (AvgIpc) is 3.49. The van der Waals surface area contributed by atoms with Gasteiger partial charge < -0.3 is 25.2 Å². The molecule has 1 saturated carbocycles. The number of nitrogens with zero attached hydrogens (tertiary/aromatic N) is 2. The number of alkyl halides is 3. The van der Waals surface area contributed by atoms with Crippen LogP contribution >= 0.6 is 0 Å². The highest BCUT2D eigenvalue weighted by molar-refractivity contribution is 5.80. The van der Waals surface area contributed by atoms with E-state index in [1.54, 1.807) is 9.80 Å². The minimum atomic E-state index is -4.93. The molecule has 3 aliphatic rings. The Kier molecular flexibility index (Phi) is 6.34. The summed E-state index contributed by atoms with van der Waals surface area (Å²) in [6.07, 6.45) is -2.50. The van der Waals surface area contributed by atoms with Gasteiger partial charge in [-0.3, -0.25) is 9.59 Å². The predicted octanol–water partition coefficient (Wildman–Crippen LogP) is 2.53. The molecule has 2 heterocycles. The number of amides is 4. The summed E-state index contributed by atoms with van der Waals surface area (Å²) in [4.78, 5) is 40.6. The van der Waals surface area contributed by atoms with Crippen molar-refractivity contribution in [3.05, 3.63) is 29.6 Å². The maximum Gasteiger partial charge on any atom is 0.573 e. The Hall–Kier alpha value is -3.05. The number of halogens is 4. The summed E-state index contributed by atoms with van der Waals surface area (Å²) in [6, 6.07) is 1.95. The molecule has 3 fully saturated rings. The zero-order chi connectivity index (χ0) is 24.7. The molecule has 4 amide bonds. The minimum absolute atomic E-state index is 0.00897. The molecule has 1 aliphatic carbocycles. The molecule has 0 aromatic heterocycles. The topological polar surface area (TPSA) is 91.0 Å². The number of ether oxygens (including phenoxy) is 1. The van der Waals surface area contributed by atoms with E-state index in [2.05, 4.69) is 15.4 Å². The third kappa shape index (κ3) is 5.53. The van der Waals surface area contributed by atoms with Crippen molar-refractivity contribution in [1.82, 2.24) is 20.4 Å². The molecular weight excluding hydrogens is 460 g/mol. The molecule has 4 rings (SSSR count). The van der Waals surface area contributed by atoms with Crippen LogP contribution in [-0.2, 0) is 16.1 Å². The molecule has 12 heteroatoms. The van der Waals surface area contributed by atoms with Crippen molar-refractivity contribution in [3.8, 4) is 5.75 Å². The van der Waals surface area contributed by atoms with Gasteiger partial charge in [0, 0.05) is 62.6 Å². The molecular formula is C22H26F4N4O4. The van der Waals surface area contributed by atoms with Crippen molar-refractivity contribution < 1.29 is 36.7 Å². The van der Waals surface area contributed by atoms with E-state index in [9.17, 15) is 31.9 Å². The van der Waals surface area contributed by atoms with Gasteiger partial charge in [0.05, 0.1) is 6.04 Å². The molecule has 8 nitrogen and oxygen atoms in total. The van der Waals surface area contributed by atoms with E-state index in [0.29, 0.717) is 32.1 Å². The van der Waals surface area contributed by atoms with Crippen LogP contribution in [0.25, 0.3) is 0 Å². The SMILES string of the molecule is CC(=O)N1C[C@H](N(C(=O)NCc2ccc(OC(F)(F)F)cc2F)C2CC2)CC2(CNC(=O)C2)C1. The van der Waals surface area contributed by atoms with Crippen LogP contribution in [0.15, 0.2) is 18.2 Å². The second kappa shape index (κ2) is 8.95. The minimum Gasteiger partial charge on any atom is -0.406 e. The summed E-state index contributed by atoms with van der Waals surface area (Å²) in [5.41, 5.74) is -0.436. The Balaban J connectivity index is 1.45. The molecule has 34 heavy (non-hydrogen) atoms. The molecule has 2 atom stereocenters. The van der Waals surface area contributed by atoms with E-state index in [-0.39, 0.29) is 42.4 Å². The van der Waals surface area contributed by atoms with Crippen molar-refractivity contribution in [2.45, 2.75) is 57.6 Å². The first kappa shape index (κ1) is 24.1. The fraction of sp³-hybridized carbons (Fsp3) is 0.591. The van der Waals surface area contributed by atoms with Crippen LogP contribution in [0.1, 0.15) is 38.2 Å². The van der Waals surface area contributed by atoms with E-state index < -0.39 is 29.4 Å². The van der Waals surface area contributed by atoms with Gasteiger partial charge in [-0.05, 0) is 25.3 Å². The van der Waals surface area contributed by atoms with Gasteiger partial charge in [-0.2, -0.15) is 0 Å². The fourth-order valence-electron chi connectivity index (χ4n) is 4.90. The Morgan fingerprint density at radius 3 is 2.59 bits per heavy atom. The van der Waals surface area contributed by atoms with E-state index >= 15 is 0 Å². The molecule has 1 unspecified atom stereocenters. The van der Waals surface area contributed by atoms with E-state index in [4.69, 9.17) is 0 Å². The van der Waals surface area contributed by atoms with E-state index in [0.717, 1.165) is 25.0 Å². The van der Waals surface area contributed by atoms with Gasteiger partial charge in [-0.25, -0.2) is 9.18 Å². The first-order valence-electron chi connectivity index (χ1n) is 11.1. The van der Waals surface area contributed by atoms with Crippen molar-refractivity contribution in [2.24, 2.45) is 5.41 Å². The van der Waals surface area contributed by atoms with Crippen LogP contribution in [0.4, 0.5) is 22.4 Å². The number of piperidine rings is 1. The molecule has 2 saturated heterocycles. The number of hydrogen-bond acceptors (Lipinski definition) is 4. The summed E-state index contributed by atoms with van der Waals surface area (Å²) in [5.74, 6) is -1.84. The normalized spacial score (nSPS) is 24.7. The number of carbonyl (C=O) groups is 3. The van der Waals surface area contributed by atoms with Crippen molar-refractivity contribution >= 4 is 17.8 Å². The van der Waals surface area contributed by atoms with Gasteiger partial charge in [0.25, 0.3) is 0 Å². The summed E-state index contributed by atoms with van der Waals surface area (Å²) in [5, 5.41) is 5.48. The van der Waals surface area contributed by atoms with Crippen LogP contribution < -0.4 is 15.4 Å². The second-order valence-corrected chi connectivity index (χ2v) is 9.31. The van der Waals surface area contributed by atoms with Crippen molar-refractivity contribution in [3.63, 3.8) is 0 Å². The van der Waals surface area contributed by atoms with E-state index in [1.165, 1.54) is 6.92 Å². The van der Waals surface area contributed by atoms with Crippen LogP contribution in [0.2, 0.25) is 0 Å². The maximum absolute atomic E-state index is 14.3. The molecule has 2 aliphatic heterocycles. The van der Waals surface area contributed by atoms with Crippen molar-refractivity contribution in [1.29, 1.82) is 0 Å². The van der Waals surface area contributed by atoms with Crippen LogP contribution in [0, 0.1) is 11.2 Å². The Morgan fingerprint density at radius 2 is 2.03 bits per heavy atom. The highest BCUT2D eigenvalue weighted by atomic mass is 19.4. The van der Waals surface area contributed by atoms with Gasteiger partial charge in [0.2, 0.25) is 11.8 Å². The predicted molar refractivity (Wildman–Crippen MR) is 111 cm³/mol. The van der Waals surface area contributed by atoms with Gasteiger partial charge in [-0.15, -0.1) is 13.2 Å². The molecule has 0 radical (unpaired) electrons. The number of carbonyl (C=O) groups excluding carboxylic acids is 3. The van der Waals surface area contributed by atoms with Crippen LogP contribution in [0.3, 0.4) is 0 Å². The quantitative estimate of drug-likeness (QED) is 0.626. The first-order chi connectivity index (χ1) is 15.9. The number of likely N-dealkylation sites (tertiary alicyclic amines) is 1. The summed E-state index contributed by atoms with van der Waals surface area (Å²) in [7, 11) is 0. The van der Waals surface area contributed by atoms with Gasteiger partial charge in [0.15, 0.2) is 0 Å². The largest absolute Gasteiger partial charge is 0.573 e.